The lowest BCUT2D eigenvalue weighted by atomic mass is 9.92. The molecule has 7 heteroatoms. The molecule has 0 aliphatic carbocycles. The van der Waals surface area contributed by atoms with Crippen LogP contribution in [-0.2, 0) is 13.0 Å². The van der Waals surface area contributed by atoms with Gasteiger partial charge in [-0.2, -0.15) is 0 Å². The standard InChI is InChI=1S/C23H19ClFN3O2/c24-15-5-8-20-19(12-15)18-9-10-28(23(29)26-13-17-2-1-11-30-17)22(21(18)27-20)14-3-6-16(25)7-4-14/h1-8,11-12,22,27H,9-10,13H2,(H,26,29)/t22-/m1/s1. The molecule has 152 valence electrons. The maximum atomic E-state index is 13.6. The number of aromatic nitrogens is 1. The molecule has 0 saturated carbocycles. The van der Waals surface area contributed by atoms with Crippen LogP contribution in [0, 0.1) is 5.82 Å². The number of aromatic amines is 1. The summed E-state index contributed by atoms with van der Waals surface area (Å²) in [6.45, 7) is 0.826. The van der Waals surface area contributed by atoms with Gasteiger partial charge in [0.05, 0.1) is 18.8 Å². The molecule has 0 spiro atoms. The van der Waals surface area contributed by atoms with Crippen LogP contribution in [0.1, 0.15) is 28.6 Å². The Labute approximate surface area is 177 Å². The number of halogens is 2. The maximum Gasteiger partial charge on any atom is 0.318 e. The molecular weight excluding hydrogens is 405 g/mol. The number of furan rings is 1. The number of urea groups is 1. The summed E-state index contributed by atoms with van der Waals surface area (Å²) in [5.74, 6) is 0.367. The molecule has 5 nitrogen and oxygen atoms in total. The number of nitrogens with zero attached hydrogens (tertiary/aromatic N) is 1. The van der Waals surface area contributed by atoms with Gasteiger partial charge < -0.3 is 19.6 Å². The maximum absolute atomic E-state index is 13.6. The number of H-pyrrole nitrogens is 1. The van der Waals surface area contributed by atoms with Gasteiger partial charge in [-0.25, -0.2) is 9.18 Å². The molecule has 5 rings (SSSR count). The highest BCUT2D eigenvalue weighted by Crippen LogP contribution is 2.39. The molecule has 1 atom stereocenters. The zero-order valence-corrected chi connectivity index (χ0v) is 16.7. The van der Waals surface area contributed by atoms with Gasteiger partial charge >= 0.3 is 6.03 Å². The summed E-state index contributed by atoms with van der Waals surface area (Å²) < 4.78 is 18.9. The SMILES string of the molecule is O=C(NCc1ccco1)N1CCc2c([nH]c3ccc(Cl)cc23)[C@H]1c1ccc(F)cc1. The highest BCUT2D eigenvalue weighted by molar-refractivity contribution is 6.31. The minimum absolute atomic E-state index is 0.205. The van der Waals surface area contributed by atoms with Crippen molar-refractivity contribution in [2.75, 3.05) is 6.54 Å². The predicted octanol–water partition coefficient (Wildman–Crippen LogP) is 5.41. The second kappa shape index (κ2) is 7.54. The van der Waals surface area contributed by atoms with Gasteiger partial charge in [-0.1, -0.05) is 23.7 Å². The molecule has 0 bridgehead atoms. The third kappa shape index (κ3) is 3.33. The fourth-order valence-corrected chi connectivity index (χ4v) is 4.32. The third-order valence-electron chi connectivity index (χ3n) is 5.53. The van der Waals surface area contributed by atoms with Gasteiger partial charge in [0.2, 0.25) is 0 Å². The minimum Gasteiger partial charge on any atom is -0.467 e. The van der Waals surface area contributed by atoms with Crippen LogP contribution in [-0.4, -0.2) is 22.5 Å². The number of benzene rings is 2. The summed E-state index contributed by atoms with van der Waals surface area (Å²) in [6.07, 6.45) is 2.27. The van der Waals surface area contributed by atoms with Crippen LogP contribution in [0.4, 0.5) is 9.18 Å². The van der Waals surface area contributed by atoms with Crippen LogP contribution in [0.3, 0.4) is 0 Å². The lowest BCUT2D eigenvalue weighted by Gasteiger charge is -2.36. The number of carbonyl (C=O) groups is 1. The van der Waals surface area contributed by atoms with Crippen molar-refractivity contribution in [3.63, 3.8) is 0 Å². The monoisotopic (exact) mass is 423 g/mol. The third-order valence-corrected chi connectivity index (χ3v) is 5.76. The first kappa shape index (κ1) is 18.8. The average Bonchev–Trinajstić information content (AvgIpc) is 3.39. The van der Waals surface area contributed by atoms with E-state index in [4.69, 9.17) is 16.0 Å². The van der Waals surface area contributed by atoms with Gasteiger partial charge in [-0.3, -0.25) is 0 Å². The van der Waals surface area contributed by atoms with Crippen molar-refractivity contribution >= 4 is 28.5 Å². The van der Waals surface area contributed by atoms with Crippen molar-refractivity contribution < 1.29 is 13.6 Å². The van der Waals surface area contributed by atoms with E-state index in [9.17, 15) is 9.18 Å². The van der Waals surface area contributed by atoms with Gasteiger partial charge in [-0.05, 0) is 60.0 Å². The zero-order valence-electron chi connectivity index (χ0n) is 16.0. The van der Waals surface area contributed by atoms with Crippen LogP contribution < -0.4 is 5.32 Å². The molecular formula is C23H19ClFN3O2. The summed E-state index contributed by atoms with van der Waals surface area (Å²) in [5, 5.41) is 4.65. The van der Waals surface area contributed by atoms with Crippen molar-refractivity contribution in [2.45, 2.75) is 19.0 Å². The Kier molecular flexibility index (Phi) is 4.71. The Morgan fingerprint density at radius 1 is 1.23 bits per heavy atom. The van der Waals surface area contributed by atoms with E-state index in [1.165, 1.54) is 12.1 Å². The van der Waals surface area contributed by atoms with Crippen LogP contribution in [0.15, 0.2) is 65.3 Å². The van der Waals surface area contributed by atoms with Crippen LogP contribution in [0.25, 0.3) is 10.9 Å². The summed E-state index contributed by atoms with van der Waals surface area (Å²) in [7, 11) is 0. The summed E-state index contributed by atoms with van der Waals surface area (Å²) >= 11 is 6.22. The Morgan fingerprint density at radius 2 is 2.07 bits per heavy atom. The first-order chi connectivity index (χ1) is 14.6. The van der Waals surface area contributed by atoms with Crippen LogP contribution >= 0.6 is 11.6 Å². The fraction of sp³-hybridized carbons (Fsp3) is 0.174. The van der Waals surface area contributed by atoms with E-state index in [1.807, 2.05) is 24.3 Å². The Bertz CT molecular complexity index is 1200. The van der Waals surface area contributed by atoms with Crippen molar-refractivity contribution in [1.82, 2.24) is 15.2 Å². The summed E-state index contributed by atoms with van der Waals surface area (Å²) in [6, 6.07) is 15.0. The molecule has 1 aliphatic heterocycles. The quantitative estimate of drug-likeness (QED) is 0.462. The predicted molar refractivity (Wildman–Crippen MR) is 113 cm³/mol. The lowest BCUT2D eigenvalue weighted by Crippen LogP contribution is -2.45. The van der Waals surface area contributed by atoms with Gasteiger partial charge in [-0.15, -0.1) is 0 Å². The molecule has 0 saturated heterocycles. The summed E-state index contributed by atoms with van der Waals surface area (Å²) in [5.41, 5.74) is 3.87. The Balaban J connectivity index is 1.54. The molecule has 30 heavy (non-hydrogen) atoms. The number of rotatable bonds is 3. The van der Waals surface area contributed by atoms with E-state index in [0.717, 1.165) is 27.7 Å². The molecule has 2 amide bonds. The number of nitrogens with one attached hydrogen (secondary N) is 2. The average molecular weight is 424 g/mol. The van der Waals surface area contributed by atoms with E-state index in [1.54, 1.807) is 29.4 Å². The van der Waals surface area contributed by atoms with E-state index in [2.05, 4.69) is 10.3 Å². The molecule has 3 heterocycles. The van der Waals surface area contributed by atoms with Crippen molar-refractivity contribution in [3.8, 4) is 0 Å². The van der Waals surface area contributed by atoms with E-state index in [-0.39, 0.29) is 17.9 Å². The van der Waals surface area contributed by atoms with Crippen molar-refractivity contribution in [2.24, 2.45) is 0 Å². The first-order valence-electron chi connectivity index (χ1n) is 9.72. The molecule has 0 unspecified atom stereocenters. The topological polar surface area (TPSA) is 61.3 Å². The number of hydrogen-bond acceptors (Lipinski definition) is 2. The lowest BCUT2D eigenvalue weighted by molar-refractivity contribution is 0.178. The largest absolute Gasteiger partial charge is 0.467 e. The fourth-order valence-electron chi connectivity index (χ4n) is 4.15. The summed E-state index contributed by atoms with van der Waals surface area (Å²) in [4.78, 5) is 18.3. The normalized spacial score (nSPS) is 15.9. The Morgan fingerprint density at radius 3 is 2.83 bits per heavy atom. The highest BCUT2D eigenvalue weighted by atomic mass is 35.5. The molecule has 2 aromatic carbocycles. The molecule has 2 aromatic heterocycles. The molecule has 2 N–H and O–H groups in total. The molecule has 0 fully saturated rings. The van der Waals surface area contributed by atoms with Gasteiger partial charge in [0.1, 0.15) is 11.6 Å². The van der Waals surface area contributed by atoms with Gasteiger partial charge in [0.15, 0.2) is 0 Å². The number of hydrogen-bond donors (Lipinski definition) is 2. The van der Waals surface area contributed by atoms with Crippen molar-refractivity contribution in [1.29, 1.82) is 0 Å². The smallest absolute Gasteiger partial charge is 0.318 e. The minimum atomic E-state index is -0.364. The second-order valence-corrected chi connectivity index (χ2v) is 7.78. The van der Waals surface area contributed by atoms with E-state index in [0.29, 0.717) is 30.3 Å². The van der Waals surface area contributed by atoms with Crippen LogP contribution in [0.2, 0.25) is 5.02 Å². The van der Waals surface area contributed by atoms with E-state index >= 15 is 0 Å². The number of amides is 2. The van der Waals surface area contributed by atoms with Gasteiger partial charge in [0, 0.05) is 28.2 Å². The number of carbonyl (C=O) groups excluding carboxylic acids is 1. The van der Waals surface area contributed by atoms with Gasteiger partial charge in [0.25, 0.3) is 0 Å². The molecule has 1 aliphatic rings. The Hall–Kier alpha value is -3.25. The van der Waals surface area contributed by atoms with E-state index < -0.39 is 0 Å². The highest BCUT2D eigenvalue weighted by Gasteiger charge is 2.34. The zero-order chi connectivity index (χ0) is 20.7. The molecule has 0 radical (unpaired) electrons. The first-order valence-corrected chi connectivity index (χ1v) is 10.1. The van der Waals surface area contributed by atoms with Crippen molar-refractivity contribution in [3.05, 3.63) is 94.3 Å². The molecule has 4 aromatic rings. The van der Waals surface area contributed by atoms with Crippen LogP contribution in [0.5, 0.6) is 0 Å². The second-order valence-electron chi connectivity index (χ2n) is 7.34. The number of fused-ring (bicyclic) bond motifs is 3.